The maximum absolute atomic E-state index is 12.1. The number of esters is 1. The van der Waals surface area contributed by atoms with Crippen LogP contribution in [0.4, 0.5) is 0 Å². The van der Waals surface area contributed by atoms with E-state index in [1.165, 1.54) is 0 Å². The highest BCUT2D eigenvalue weighted by molar-refractivity contribution is 6.30. The van der Waals surface area contributed by atoms with Crippen molar-refractivity contribution in [2.45, 2.75) is 13.8 Å². The van der Waals surface area contributed by atoms with Gasteiger partial charge in [0.15, 0.2) is 5.69 Å². The fourth-order valence-corrected chi connectivity index (χ4v) is 2.75. The van der Waals surface area contributed by atoms with Crippen LogP contribution >= 0.6 is 11.6 Å². The Morgan fingerprint density at radius 1 is 1.15 bits per heavy atom. The summed E-state index contributed by atoms with van der Waals surface area (Å²) in [6.07, 6.45) is 2.05. The smallest absolute Gasteiger partial charge is 0.358 e. The van der Waals surface area contributed by atoms with Crippen LogP contribution in [0, 0.1) is 0 Å². The molecule has 0 aliphatic carbocycles. The van der Waals surface area contributed by atoms with Crippen molar-refractivity contribution in [2.24, 2.45) is 0 Å². The van der Waals surface area contributed by atoms with Gasteiger partial charge in [-0.25, -0.2) is 9.48 Å². The Balaban J connectivity index is 2.08. The lowest BCUT2D eigenvalue weighted by Crippen LogP contribution is -2.07. The van der Waals surface area contributed by atoms with Gasteiger partial charge in [0.1, 0.15) is 0 Å². The molecule has 1 heterocycles. The van der Waals surface area contributed by atoms with Gasteiger partial charge < -0.3 is 4.74 Å². The van der Waals surface area contributed by atoms with E-state index in [-0.39, 0.29) is 5.69 Å². The van der Waals surface area contributed by atoms with Crippen LogP contribution in [0.1, 0.15) is 35.6 Å². The quantitative estimate of drug-likeness (QED) is 0.578. The van der Waals surface area contributed by atoms with Crippen molar-refractivity contribution in [2.75, 3.05) is 6.61 Å². The average Bonchev–Trinajstić information content (AvgIpc) is 3.09. The summed E-state index contributed by atoms with van der Waals surface area (Å²) in [5, 5.41) is 5.09. The number of ether oxygens (including phenoxy) is 1. The Hall–Kier alpha value is -2.85. The van der Waals surface area contributed by atoms with Gasteiger partial charge in [0.25, 0.3) is 0 Å². The Kier molecular flexibility index (Phi) is 5.54. The van der Waals surface area contributed by atoms with Crippen molar-refractivity contribution in [1.82, 2.24) is 9.78 Å². The molecule has 0 saturated carbocycles. The molecule has 0 aliphatic heterocycles. The van der Waals surface area contributed by atoms with Gasteiger partial charge in [-0.1, -0.05) is 41.9 Å². The lowest BCUT2D eigenvalue weighted by molar-refractivity contribution is 0.0519. The molecule has 3 aromatic rings. The summed E-state index contributed by atoms with van der Waals surface area (Å²) in [5.41, 5.74) is 3.97. The Bertz CT molecular complexity index is 928. The highest BCUT2D eigenvalue weighted by Crippen LogP contribution is 2.23. The summed E-state index contributed by atoms with van der Waals surface area (Å²) in [7, 11) is 0. The minimum atomic E-state index is -0.436. The molecule has 3 rings (SSSR count). The van der Waals surface area contributed by atoms with Gasteiger partial charge in [0.05, 0.1) is 18.0 Å². The van der Waals surface area contributed by atoms with Crippen molar-refractivity contribution in [1.29, 1.82) is 0 Å². The van der Waals surface area contributed by atoms with Gasteiger partial charge in [0, 0.05) is 5.02 Å². The second-order valence-corrected chi connectivity index (χ2v) is 6.20. The zero-order valence-electron chi connectivity index (χ0n) is 14.6. The topological polar surface area (TPSA) is 44.1 Å². The molecule has 2 aromatic carbocycles. The number of halogens is 1. The third-order valence-electron chi connectivity index (χ3n) is 3.85. The predicted octanol–water partition coefficient (Wildman–Crippen LogP) is 5.26. The summed E-state index contributed by atoms with van der Waals surface area (Å²) >= 11 is 5.99. The third kappa shape index (κ3) is 4.03. The lowest BCUT2D eigenvalue weighted by atomic mass is 10.1. The molecule has 0 unspecified atom stereocenters. The molecule has 0 amide bonds. The van der Waals surface area contributed by atoms with E-state index in [4.69, 9.17) is 16.3 Å². The van der Waals surface area contributed by atoms with Gasteiger partial charge in [-0.2, -0.15) is 5.10 Å². The van der Waals surface area contributed by atoms with E-state index in [0.717, 1.165) is 22.5 Å². The Morgan fingerprint density at radius 2 is 1.85 bits per heavy atom. The van der Waals surface area contributed by atoms with E-state index in [9.17, 15) is 4.79 Å². The Labute approximate surface area is 157 Å². The van der Waals surface area contributed by atoms with E-state index in [1.807, 2.05) is 49.4 Å². The molecular formula is C21H19ClN2O2. The van der Waals surface area contributed by atoms with Crippen molar-refractivity contribution >= 4 is 29.2 Å². The van der Waals surface area contributed by atoms with Gasteiger partial charge in [-0.05, 0) is 61.4 Å². The summed E-state index contributed by atoms with van der Waals surface area (Å²) in [5.74, 6) is -0.436. The molecule has 0 atom stereocenters. The largest absolute Gasteiger partial charge is 0.461 e. The van der Waals surface area contributed by atoms with E-state index in [0.29, 0.717) is 11.6 Å². The van der Waals surface area contributed by atoms with E-state index < -0.39 is 5.97 Å². The number of aromatic nitrogens is 2. The maximum Gasteiger partial charge on any atom is 0.358 e. The van der Waals surface area contributed by atoms with Gasteiger partial charge in [0.2, 0.25) is 0 Å². The standard InChI is InChI=1S/C21H19ClN2O2/c1-3-26-21(25)19-14-20(15(2)13-16-7-5-4-6-8-16)24(23-19)18-11-9-17(22)10-12-18/h4-14H,3H2,1-2H3/b15-13+. The van der Waals surface area contributed by atoms with Crippen LogP contribution < -0.4 is 0 Å². The molecule has 0 radical (unpaired) electrons. The summed E-state index contributed by atoms with van der Waals surface area (Å²) in [6, 6.07) is 19.1. The second-order valence-electron chi connectivity index (χ2n) is 5.76. The molecule has 0 spiro atoms. The van der Waals surface area contributed by atoms with Crippen LogP contribution in [-0.2, 0) is 4.74 Å². The second kappa shape index (κ2) is 8.02. The van der Waals surface area contributed by atoms with Gasteiger partial charge >= 0.3 is 5.97 Å². The van der Waals surface area contributed by atoms with Crippen LogP contribution in [0.15, 0.2) is 60.7 Å². The zero-order valence-corrected chi connectivity index (χ0v) is 15.4. The minimum Gasteiger partial charge on any atom is -0.461 e. The molecule has 0 N–H and O–H groups in total. The molecule has 0 fully saturated rings. The number of carbonyl (C=O) groups excluding carboxylic acids is 1. The molecule has 0 bridgehead atoms. The van der Waals surface area contributed by atoms with Crippen LogP contribution in [0.2, 0.25) is 5.02 Å². The van der Waals surface area contributed by atoms with E-state index in [2.05, 4.69) is 11.2 Å². The number of rotatable bonds is 5. The molecule has 26 heavy (non-hydrogen) atoms. The first-order chi connectivity index (χ1) is 12.6. The fourth-order valence-electron chi connectivity index (χ4n) is 2.62. The number of benzene rings is 2. The first-order valence-electron chi connectivity index (χ1n) is 8.35. The predicted molar refractivity (Wildman–Crippen MR) is 105 cm³/mol. The van der Waals surface area contributed by atoms with Crippen LogP contribution in [-0.4, -0.2) is 22.4 Å². The van der Waals surface area contributed by atoms with E-state index in [1.54, 1.807) is 29.8 Å². The van der Waals surface area contributed by atoms with E-state index >= 15 is 0 Å². The lowest BCUT2D eigenvalue weighted by Gasteiger charge is -2.08. The molecule has 0 saturated heterocycles. The van der Waals surface area contributed by atoms with Gasteiger partial charge in [-0.15, -0.1) is 0 Å². The molecular weight excluding hydrogens is 348 g/mol. The average molecular weight is 367 g/mol. The number of hydrogen-bond donors (Lipinski definition) is 0. The number of hydrogen-bond acceptors (Lipinski definition) is 3. The van der Waals surface area contributed by atoms with Crippen molar-refractivity contribution < 1.29 is 9.53 Å². The maximum atomic E-state index is 12.1. The summed E-state index contributed by atoms with van der Waals surface area (Å²) < 4.78 is 6.83. The number of nitrogens with zero attached hydrogens (tertiary/aromatic N) is 2. The van der Waals surface area contributed by atoms with Gasteiger partial charge in [-0.3, -0.25) is 0 Å². The highest BCUT2D eigenvalue weighted by Gasteiger charge is 2.17. The molecule has 0 aliphatic rings. The molecule has 5 heteroatoms. The highest BCUT2D eigenvalue weighted by atomic mass is 35.5. The van der Waals surface area contributed by atoms with Crippen molar-refractivity contribution in [3.8, 4) is 5.69 Å². The molecule has 4 nitrogen and oxygen atoms in total. The number of carbonyl (C=O) groups is 1. The van der Waals surface area contributed by atoms with Crippen LogP contribution in [0.25, 0.3) is 17.3 Å². The normalized spacial score (nSPS) is 11.4. The summed E-state index contributed by atoms with van der Waals surface area (Å²) in [4.78, 5) is 12.1. The minimum absolute atomic E-state index is 0.276. The fraction of sp³-hybridized carbons (Fsp3) is 0.143. The van der Waals surface area contributed by atoms with Crippen molar-refractivity contribution in [3.05, 3.63) is 82.6 Å². The number of allylic oxidation sites excluding steroid dienone is 1. The van der Waals surface area contributed by atoms with Crippen LogP contribution in [0.3, 0.4) is 0 Å². The van der Waals surface area contributed by atoms with Crippen LogP contribution in [0.5, 0.6) is 0 Å². The summed E-state index contributed by atoms with van der Waals surface area (Å²) in [6.45, 7) is 4.07. The SMILES string of the molecule is CCOC(=O)c1cc(/C(C)=C/c2ccccc2)n(-c2ccc(Cl)cc2)n1. The molecule has 132 valence electrons. The monoisotopic (exact) mass is 366 g/mol. The zero-order chi connectivity index (χ0) is 18.5. The first kappa shape index (κ1) is 18.0. The first-order valence-corrected chi connectivity index (χ1v) is 8.73. The Morgan fingerprint density at radius 3 is 2.50 bits per heavy atom. The molecule has 1 aromatic heterocycles. The van der Waals surface area contributed by atoms with Crippen molar-refractivity contribution in [3.63, 3.8) is 0 Å². The third-order valence-corrected chi connectivity index (χ3v) is 4.10.